The molecule has 1 aromatic rings. The molecule has 0 saturated heterocycles. The maximum absolute atomic E-state index is 11.8. The fraction of sp³-hybridized carbons (Fsp3) is 0.417. The van der Waals surface area contributed by atoms with Gasteiger partial charge in [0.05, 0.1) is 5.56 Å². The molecule has 98 valence electrons. The Morgan fingerprint density at radius 2 is 2.22 bits per heavy atom. The average Bonchev–Trinajstić information content (AvgIpc) is 2.36. The first-order chi connectivity index (χ1) is 8.56. The molecule has 6 heteroatoms. The number of carbonyl (C=O) groups is 2. The van der Waals surface area contributed by atoms with Gasteiger partial charge in [0.1, 0.15) is 6.04 Å². The zero-order chi connectivity index (χ0) is 13.5. The third-order valence-corrected chi connectivity index (χ3v) is 2.39. The van der Waals surface area contributed by atoms with Crippen LogP contribution in [0.15, 0.2) is 18.5 Å². The van der Waals surface area contributed by atoms with Crippen molar-refractivity contribution in [3.05, 3.63) is 24.0 Å². The summed E-state index contributed by atoms with van der Waals surface area (Å²) in [4.78, 5) is 27.3. The number of aromatic nitrogens is 1. The Bertz CT molecular complexity index is 434. The number of nitrogens with zero attached hydrogens (tertiary/aromatic N) is 1. The Morgan fingerprint density at radius 1 is 1.50 bits per heavy atom. The fourth-order valence-electron chi connectivity index (χ4n) is 1.34. The smallest absolute Gasteiger partial charge is 0.255 e. The molecule has 0 radical (unpaired) electrons. The molecule has 1 rings (SSSR count). The van der Waals surface area contributed by atoms with Gasteiger partial charge in [0, 0.05) is 24.6 Å². The zero-order valence-electron chi connectivity index (χ0n) is 10.6. The van der Waals surface area contributed by atoms with Gasteiger partial charge in [-0.2, -0.15) is 0 Å². The lowest BCUT2D eigenvalue weighted by atomic mass is 10.2. The molecule has 6 nitrogen and oxygen atoms in total. The van der Waals surface area contributed by atoms with E-state index < -0.39 is 11.9 Å². The molecule has 1 unspecified atom stereocenters. The van der Waals surface area contributed by atoms with Gasteiger partial charge in [-0.05, 0) is 19.4 Å². The van der Waals surface area contributed by atoms with E-state index in [1.165, 1.54) is 18.5 Å². The fourth-order valence-corrected chi connectivity index (χ4v) is 1.34. The van der Waals surface area contributed by atoms with Crippen molar-refractivity contribution in [2.24, 2.45) is 0 Å². The van der Waals surface area contributed by atoms with Gasteiger partial charge in [-0.1, -0.05) is 6.92 Å². The van der Waals surface area contributed by atoms with E-state index in [1.807, 2.05) is 6.92 Å². The van der Waals surface area contributed by atoms with E-state index in [-0.39, 0.29) is 11.5 Å². The number of hydrogen-bond donors (Lipinski definition) is 3. The van der Waals surface area contributed by atoms with Gasteiger partial charge >= 0.3 is 0 Å². The van der Waals surface area contributed by atoms with Gasteiger partial charge in [0.2, 0.25) is 5.91 Å². The number of amides is 2. The quantitative estimate of drug-likeness (QED) is 0.700. The van der Waals surface area contributed by atoms with Crippen molar-refractivity contribution < 1.29 is 9.59 Å². The van der Waals surface area contributed by atoms with Crippen LogP contribution in [0.3, 0.4) is 0 Å². The van der Waals surface area contributed by atoms with Gasteiger partial charge in [0.15, 0.2) is 0 Å². The second-order valence-corrected chi connectivity index (χ2v) is 3.95. The Morgan fingerprint density at radius 3 is 2.83 bits per heavy atom. The second kappa shape index (κ2) is 6.58. The number of hydrogen-bond acceptors (Lipinski definition) is 4. The molecule has 0 spiro atoms. The summed E-state index contributed by atoms with van der Waals surface area (Å²) in [5, 5.41) is 5.28. The molecule has 1 atom stereocenters. The molecular weight excluding hydrogens is 232 g/mol. The highest BCUT2D eigenvalue weighted by Gasteiger charge is 2.17. The molecule has 0 saturated carbocycles. The molecule has 0 aliphatic rings. The largest absolute Gasteiger partial charge is 0.398 e. The number of nitrogens with one attached hydrogen (secondary N) is 2. The van der Waals surface area contributed by atoms with E-state index in [9.17, 15) is 9.59 Å². The van der Waals surface area contributed by atoms with Gasteiger partial charge < -0.3 is 16.4 Å². The van der Waals surface area contributed by atoms with Crippen LogP contribution in [0.1, 0.15) is 30.6 Å². The molecule has 0 aromatic carbocycles. The van der Waals surface area contributed by atoms with Gasteiger partial charge in [0.25, 0.3) is 5.91 Å². The van der Waals surface area contributed by atoms with E-state index >= 15 is 0 Å². The lowest BCUT2D eigenvalue weighted by molar-refractivity contribution is -0.122. The summed E-state index contributed by atoms with van der Waals surface area (Å²) in [5.74, 6) is -0.618. The van der Waals surface area contributed by atoms with Crippen LogP contribution in [-0.2, 0) is 4.79 Å². The van der Waals surface area contributed by atoms with E-state index in [0.29, 0.717) is 12.2 Å². The first-order valence-electron chi connectivity index (χ1n) is 5.84. The second-order valence-electron chi connectivity index (χ2n) is 3.95. The molecule has 0 aliphatic heterocycles. The lowest BCUT2D eigenvalue weighted by Gasteiger charge is -2.14. The SMILES string of the molecule is CCCNC(=O)C(C)NC(=O)c1cnccc1N. The van der Waals surface area contributed by atoms with E-state index in [2.05, 4.69) is 15.6 Å². The number of anilines is 1. The van der Waals surface area contributed by atoms with Gasteiger partial charge in [-0.25, -0.2) is 0 Å². The Labute approximate surface area is 106 Å². The number of nitrogens with two attached hydrogens (primary N) is 1. The molecule has 0 fully saturated rings. The van der Waals surface area contributed by atoms with Crippen LogP contribution in [-0.4, -0.2) is 29.4 Å². The predicted octanol–water partition coefficient (Wildman–Crippen LogP) is 0.308. The first kappa shape index (κ1) is 14.0. The van der Waals surface area contributed by atoms with Crippen molar-refractivity contribution in [1.29, 1.82) is 0 Å². The zero-order valence-corrected chi connectivity index (χ0v) is 10.6. The van der Waals surface area contributed by atoms with Crippen molar-refractivity contribution in [3.8, 4) is 0 Å². The highest BCUT2D eigenvalue weighted by molar-refractivity contribution is 6.00. The highest BCUT2D eigenvalue weighted by atomic mass is 16.2. The third-order valence-electron chi connectivity index (χ3n) is 2.39. The molecule has 18 heavy (non-hydrogen) atoms. The minimum absolute atomic E-state index is 0.215. The van der Waals surface area contributed by atoms with Crippen LogP contribution in [0.25, 0.3) is 0 Å². The van der Waals surface area contributed by atoms with Gasteiger partial charge in [-0.3, -0.25) is 14.6 Å². The molecule has 1 aromatic heterocycles. The maximum Gasteiger partial charge on any atom is 0.255 e. The van der Waals surface area contributed by atoms with Crippen molar-refractivity contribution in [1.82, 2.24) is 15.6 Å². The monoisotopic (exact) mass is 250 g/mol. The number of nitrogen functional groups attached to an aromatic ring is 1. The van der Waals surface area contributed by atoms with Gasteiger partial charge in [-0.15, -0.1) is 0 Å². The van der Waals surface area contributed by atoms with Crippen LogP contribution in [0, 0.1) is 0 Å². The first-order valence-corrected chi connectivity index (χ1v) is 5.84. The van der Waals surface area contributed by atoms with Crippen molar-refractivity contribution >= 4 is 17.5 Å². The van der Waals surface area contributed by atoms with E-state index in [1.54, 1.807) is 6.92 Å². The molecule has 0 bridgehead atoms. The van der Waals surface area contributed by atoms with Crippen LogP contribution in [0.5, 0.6) is 0 Å². The summed E-state index contributed by atoms with van der Waals surface area (Å²) < 4.78 is 0. The van der Waals surface area contributed by atoms with E-state index in [0.717, 1.165) is 6.42 Å². The minimum Gasteiger partial charge on any atom is -0.398 e. The summed E-state index contributed by atoms with van der Waals surface area (Å²) >= 11 is 0. The van der Waals surface area contributed by atoms with Crippen molar-refractivity contribution in [2.75, 3.05) is 12.3 Å². The normalized spacial score (nSPS) is 11.7. The van der Waals surface area contributed by atoms with E-state index in [4.69, 9.17) is 5.73 Å². The standard InChI is InChI=1S/C12H18N4O2/c1-3-5-15-11(17)8(2)16-12(18)9-7-14-6-4-10(9)13/h4,6-8H,3,5H2,1-2H3,(H2,13,14)(H,15,17)(H,16,18). The lowest BCUT2D eigenvalue weighted by Crippen LogP contribution is -2.45. The summed E-state index contributed by atoms with van der Waals surface area (Å²) in [6.07, 6.45) is 3.73. The maximum atomic E-state index is 11.8. The molecule has 0 aliphatic carbocycles. The highest BCUT2D eigenvalue weighted by Crippen LogP contribution is 2.08. The summed E-state index contributed by atoms with van der Waals surface area (Å²) in [7, 11) is 0. The minimum atomic E-state index is -0.608. The number of rotatable bonds is 5. The van der Waals surface area contributed by atoms with Crippen LogP contribution < -0.4 is 16.4 Å². The Hall–Kier alpha value is -2.11. The summed E-state index contributed by atoms with van der Waals surface area (Å²) in [6.45, 7) is 4.17. The molecule has 2 amide bonds. The summed E-state index contributed by atoms with van der Waals surface area (Å²) in [6, 6.07) is 0.931. The van der Waals surface area contributed by atoms with Crippen LogP contribution in [0.2, 0.25) is 0 Å². The summed E-state index contributed by atoms with van der Waals surface area (Å²) in [5.41, 5.74) is 6.26. The predicted molar refractivity (Wildman–Crippen MR) is 68.9 cm³/mol. The number of pyridine rings is 1. The van der Waals surface area contributed by atoms with Crippen molar-refractivity contribution in [2.45, 2.75) is 26.3 Å². The van der Waals surface area contributed by atoms with Crippen molar-refractivity contribution in [3.63, 3.8) is 0 Å². The topological polar surface area (TPSA) is 97.1 Å². The average molecular weight is 250 g/mol. The van der Waals surface area contributed by atoms with Crippen LogP contribution in [0.4, 0.5) is 5.69 Å². The Balaban J connectivity index is 2.60. The molecule has 4 N–H and O–H groups in total. The third kappa shape index (κ3) is 3.73. The Kier molecular flexibility index (Phi) is 5.10. The van der Waals surface area contributed by atoms with Crippen LogP contribution >= 0.6 is 0 Å². The number of carbonyl (C=O) groups excluding carboxylic acids is 2. The molecular formula is C12H18N4O2. The molecule has 1 heterocycles.